The molecule has 61 heavy (non-hydrogen) atoms. The van der Waals surface area contributed by atoms with Crippen LogP contribution >= 0.6 is 0 Å². The Morgan fingerprint density at radius 1 is 0.623 bits per heavy atom. The van der Waals surface area contributed by atoms with Crippen molar-refractivity contribution in [1.29, 1.82) is 0 Å². The minimum atomic E-state index is -1.55. The van der Waals surface area contributed by atoms with Gasteiger partial charge in [0.1, 0.15) is 37.5 Å². The standard InChI is InChI=1S/C49H88N4O8/c1-3-5-7-9-11-13-15-17-18-19-20-21-23-25-27-32-36-50-48(58)53(37-33-28-26-24-22-16-14-12-10-8-6-4-2)47-44(46(57)45(56)42(39-54)61-47)52-43(55)38-51-49(59)60-40-41-34-30-29-31-35-41/h29-31,34-35,42,44-47,54,56-57H,3-28,32-33,36-40H2,1-2H3,(H,50,58)(H,51,59)(H,52,55)/t42-,44-,45+,46-,47-/m1/s1. The van der Waals surface area contributed by atoms with Gasteiger partial charge in [0.25, 0.3) is 0 Å². The summed E-state index contributed by atoms with van der Waals surface area (Å²) in [6, 6.07) is 7.53. The zero-order chi connectivity index (χ0) is 44.2. The molecule has 352 valence electrons. The molecule has 1 aromatic rings. The van der Waals surface area contributed by atoms with Crippen molar-refractivity contribution in [2.24, 2.45) is 0 Å². The third-order valence-electron chi connectivity index (χ3n) is 12.0. The number of nitrogens with one attached hydrogen (secondary N) is 3. The van der Waals surface area contributed by atoms with E-state index in [9.17, 15) is 29.7 Å². The first kappa shape index (κ1) is 54.2. The average Bonchev–Trinajstić information content (AvgIpc) is 3.27. The van der Waals surface area contributed by atoms with E-state index in [1.807, 2.05) is 30.3 Å². The number of carbonyl (C=O) groups excluding carboxylic acids is 3. The van der Waals surface area contributed by atoms with Gasteiger partial charge in [0.2, 0.25) is 5.91 Å². The number of hydrogen-bond acceptors (Lipinski definition) is 8. The fourth-order valence-corrected chi connectivity index (χ4v) is 8.12. The summed E-state index contributed by atoms with van der Waals surface area (Å²) in [6.07, 6.45) is 28.0. The predicted molar refractivity (Wildman–Crippen MR) is 245 cm³/mol. The highest BCUT2D eigenvalue weighted by Crippen LogP contribution is 2.25. The summed E-state index contributed by atoms with van der Waals surface area (Å²) >= 11 is 0. The van der Waals surface area contributed by atoms with Crippen molar-refractivity contribution in [3.8, 4) is 0 Å². The van der Waals surface area contributed by atoms with E-state index in [-0.39, 0.29) is 6.61 Å². The quantitative estimate of drug-likeness (QED) is 0.0359. The van der Waals surface area contributed by atoms with Crippen molar-refractivity contribution in [2.75, 3.05) is 26.2 Å². The van der Waals surface area contributed by atoms with E-state index in [2.05, 4.69) is 29.8 Å². The Bertz CT molecular complexity index is 1230. The van der Waals surface area contributed by atoms with E-state index >= 15 is 0 Å². The number of unbranched alkanes of at least 4 members (excludes halogenated alkanes) is 26. The number of urea groups is 1. The number of hydrogen-bond donors (Lipinski definition) is 6. The molecule has 5 atom stereocenters. The lowest BCUT2D eigenvalue weighted by Crippen LogP contribution is -2.70. The topological polar surface area (TPSA) is 170 Å². The van der Waals surface area contributed by atoms with Gasteiger partial charge in [-0.3, -0.25) is 9.69 Å². The van der Waals surface area contributed by atoms with Gasteiger partial charge >= 0.3 is 12.1 Å². The lowest BCUT2D eigenvalue weighted by molar-refractivity contribution is -0.224. The molecular formula is C49H88N4O8. The zero-order valence-corrected chi connectivity index (χ0v) is 38.4. The van der Waals surface area contributed by atoms with Gasteiger partial charge in [-0.25, -0.2) is 9.59 Å². The molecule has 4 amide bonds. The second-order valence-corrected chi connectivity index (χ2v) is 17.4. The van der Waals surface area contributed by atoms with Gasteiger partial charge in [-0.1, -0.05) is 211 Å². The van der Waals surface area contributed by atoms with E-state index in [0.29, 0.717) is 19.5 Å². The van der Waals surface area contributed by atoms with Crippen LogP contribution in [0, 0.1) is 0 Å². The zero-order valence-electron chi connectivity index (χ0n) is 38.4. The van der Waals surface area contributed by atoms with Gasteiger partial charge in [-0.15, -0.1) is 0 Å². The minimum absolute atomic E-state index is 0.0307. The fourth-order valence-electron chi connectivity index (χ4n) is 8.12. The number of amides is 4. The van der Waals surface area contributed by atoms with Gasteiger partial charge in [0, 0.05) is 13.1 Å². The SMILES string of the molecule is CCCCCCCCCCCCCCCCCCNC(=O)N(CCCCCCCCCCCCCC)[C@@H]1O[C@H](CO)[C@H](O)[C@H](O)[C@H]1NC(=O)CNC(=O)OCc1ccccc1. The van der Waals surface area contributed by atoms with E-state index < -0.39 is 61.8 Å². The molecule has 2 rings (SSSR count). The second-order valence-electron chi connectivity index (χ2n) is 17.4. The average molecular weight is 861 g/mol. The van der Waals surface area contributed by atoms with Gasteiger partial charge < -0.3 is 40.7 Å². The maximum Gasteiger partial charge on any atom is 0.407 e. The second kappa shape index (κ2) is 36.5. The molecule has 0 aromatic heterocycles. The van der Waals surface area contributed by atoms with E-state index in [1.54, 1.807) is 0 Å². The highest BCUT2D eigenvalue weighted by molar-refractivity contribution is 5.82. The number of aliphatic hydroxyl groups is 3. The van der Waals surface area contributed by atoms with Crippen molar-refractivity contribution in [3.05, 3.63) is 35.9 Å². The van der Waals surface area contributed by atoms with Crippen molar-refractivity contribution in [3.63, 3.8) is 0 Å². The van der Waals surface area contributed by atoms with Crippen LogP contribution in [0.3, 0.4) is 0 Å². The number of rotatable bonds is 37. The molecule has 1 aliphatic heterocycles. The van der Waals surface area contributed by atoms with Crippen molar-refractivity contribution in [2.45, 2.75) is 231 Å². The van der Waals surface area contributed by atoms with Crippen LogP contribution in [0.4, 0.5) is 9.59 Å². The summed E-state index contributed by atoms with van der Waals surface area (Å²) in [5.74, 6) is -0.664. The summed E-state index contributed by atoms with van der Waals surface area (Å²) in [6.45, 7) is 4.25. The third-order valence-corrected chi connectivity index (χ3v) is 12.0. The molecule has 1 saturated heterocycles. The van der Waals surface area contributed by atoms with Gasteiger partial charge in [0.05, 0.1) is 6.61 Å². The van der Waals surface area contributed by atoms with Crippen LogP contribution in [0.2, 0.25) is 0 Å². The maximum absolute atomic E-state index is 13.9. The molecule has 0 radical (unpaired) electrons. The van der Waals surface area contributed by atoms with Gasteiger partial charge in [-0.05, 0) is 18.4 Å². The summed E-state index contributed by atoms with van der Waals surface area (Å²) in [5.41, 5.74) is 0.793. The van der Waals surface area contributed by atoms with Crippen LogP contribution in [-0.4, -0.2) is 95.1 Å². The first-order valence-electron chi connectivity index (χ1n) is 24.7. The predicted octanol–water partition coefficient (Wildman–Crippen LogP) is 9.81. The third kappa shape index (κ3) is 25.7. The van der Waals surface area contributed by atoms with Crippen LogP contribution in [0.1, 0.15) is 199 Å². The molecule has 1 aromatic carbocycles. The first-order chi connectivity index (χ1) is 29.8. The lowest BCUT2D eigenvalue weighted by Gasteiger charge is -2.46. The molecule has 1 fully saturated rings. The number of nitrogens with zero attached hydrogens (tertiary/aromatic N) is 1. The van der Waals surface area contributed by atoms with E-state index in [4.69, 9.17) is 9.47 Å². The Kier molecular flexibility index (Phi) is 32.5. The molecule has 0 saturated carbocycles. The molecule has 1 aliphatic rings. The Morgan fingerprint density at radius 3 is 1.56 bits per heavy atom. The number of alkyl carbamates (subject to hydrolysis) is 1. The molecule has 12 heteroatoms. The van der Waals surface area contributed by atoms with Crippen LogP contribution in [0.25, 0.3) is 0 Å². The van der Waals surface area contributed by atoms with Crippen molar-refractivity contribution in [1.82, 2.24) is 20.9 Å². The molecule has 6 N–H and O–H groups in total. The van der Waals surface area contributed by atoms with Crippen molar-refractivity contribution >= 4 is 18.0 Å². The Hall–Kier alpha value is -2.93. The van der Waals surface area contributed by atoms with E-state index in [1.165, 1.54) is 140 Å². The highest BCUT2D eigenvalue weighted by atomic mass is 16.6. The Balaban J connectivity index is 1.88. The number of aliphatic hydroxyl groups excluding tert-OH is 3. The maximum atomic E-state index is 13.9. The molecule has 1 heterocycles. The van der Waals surface area contributed by atoms with Gasteiger partial charge in [-0.2, -0.15) is 0 Å². The highest BCUT2D eigenvalue weighted by Gasteiger charge is 2.48. The molecule has 0 unspecified atom stereocenters. The molecule has 0 bridgehead atoms. The number of ether oxygens (including phenoxy) is 2. The monoisotopic (exact) mass is 861 g/mol. The molecule has 12 nitrogen and oxygen atoms in total. The minimum Gasteiger partial charge on any atom is -0.445 e. The smallest absolute Gasteiger partial charge is 0.407 e. The summed E-state index contributed by atoms with van der Waals surface area (Å²) in [7, 11) is 0. The number of carbonyl (C=O) groups is 3. The van der Waals surface area contributed by atoms with Crippen LogP contribution in [0.15, 0.2) is 30.3 Å². The molecular weight excluding hydrogens is 773 g/mol. The van der Waals surface area contributed by atoms with Crippen LogP contribution < -0.4 is 16.0 Å². The molecule has 0 aliphatic carbocycles. The van der Waals surface area contributed by atoms with E-state index in [0.717, 1.165) is 44.1 Å². The largest absolute Gasteiger partial charge is 0.445 e. The normalized spacial score (nSPS) is 18.7. The Morgan fingerprint density at radius 2 is 1.08 bits per heavy atom. The summed E-state index contributed by atoms with van der Waals surface area (Å²) < 4.78 is 11.3. The summed E-state index contributed by atoms with van der Waals surface area (Å²) in [5, 5.41) is 40.3. The Labute approximate surface area is 370 Å². The first-order valence-corrected chi connectivity index (χ1v) is 24.7. The van der Waals surface area contributed by atoms with Crippen molar-refractivity contribution < 1.29 is 39.2 Å². The lowest BCUT2D eigenvalue weighted by atomic mass is 9.95. The fraction of sp³-hybridized carbons (Fsp3) is 0.816. The molecule has 0 spiro atoms. The number of benzene rings is 1. The van der Waals surface area contributed by atoms with Crippen LogP contribution in [0.5, 0.6) is 0 Å². The van der Waals surface area contributed by atoms with Gasteiger partial charge in [0.15, 0.2) is 6.23 Å². The summed E-state index contributed by atoms with van der Waals surface area (Å²) in [4.78, 5) is 40.9. The van der Waals surface area contributed by atoms with Crippen LogP contribution in [-0.2, 0) is 20.9 Å².